The van der Waals surface area contributed by atoms with Gasteiger partial charge in [-0.25, -0.2) is 0 Å². The number of rotatable bonds is 5. The van der Waals surface area contributed by atoms with Gasteiger partial charge in [-0.3, -0.25) is 4.99 Å². The second-order valence-electron chi connectivity index (χ2n) is 5.85. The van der Waals surface area contributed by atoms with Crippen LogP contribution in [0.15, 0.2) is 16.6 Å². The minimum Gasteiger partial charge on any atom is -0.393 e. The smallest absolute Gasteiger partial charge is 0.191 e. The number of nitrogens with one attached hydrogen (secondary N) is 2. The largest absolute Gasteiger partial charge is 0.393 e. The van der Waals surface area contributed by atoms with Crippen molar-refractivity contribution < 1.29 is 9.84 Å². The van der Waals surface area contributed by atoms with Gasteiger partial charge in [0.15, 0.2) is 5.96 Å². The maximum absolute atomic E-state index is 9.56. The van der Waals surface area contributed by atoms with Crippen LogP contribution in [-0.2, 0) is 4.74 Å². The Bertz CT molecular complexity index is 366. The Kier molecular flexibility index (Phi) is 10.1. The Morgan fingerprint density at radius 1 is 1.36 bits per heavy atom. The zero-order valence-corrected chi connectivity index (χ0v) is 15.8. The van der Waals surface area contributed by atoms with Crippen LogP contribution in [0.1, 0.15) is 45.4 Å². The third-order valence-corrected chi connectivity index (χ3v) is 4.14. The number of nitrogens with zero attached hydrogens (tertiary/aromatic N) is 1. The van der Waals surface area contributed by atoms with Crippen molar-refractivity contribution in [3.8, 4) is 0 Å². The fourth-order valence-electron chi connectivity index (χ4n) is 2.84. The lowest BCUT2D eigenvalue weighted by molar-refractivity contribution is 0.120. The number of guanidine groups is 1. The maximum atomic E-state index is 9.56. The van der Waals surface area contributed by atoms with Crippen molar-refractivity contribution in [1.29, 1.82) is 0 Å². The number of ether oxygens (including phenoxy) is 1. The molecule has 2 aliphatic rings. The van der Waals surface area contributed by atoms with Crippen LogP contribution in [0.25, 0.3) is 0 Å². The molecule has 0 saturated heterocycles. The number of aliphatic hydroxyl groups is 1. The van der Waals surface area contributed by atoms with E-state index in [0.717, 1.165) is 70.8 Å². The number of aliphatic hydroxyl groups excluding tert-OH is 1. The van der Waals surface area contributed by atoms with Crippen molar-refractivity contribution >= 4 is 29.9 Å². The van der Waals surface area contributed by atoms with E-state index in [1.54, 1.807) is 0 Å². The number of aliphatic imine (C=N–C) groups is 1. The molecule has 1 saturated carbocycles. The summed E-state index contributed by atoms with van der Waals surface area (Å²) in [7, 11) is 0. The van der Waals surface area contributed by atoms with Gasteiger partial charge in [-0.1, -0.05) is 11.6 Å². The lowest BCUT2D eigenvalue weighted by atomic mass is 9.93. The van der Waals surface area contributed by atoms with Gasteiger partial charge in [0.05, 0.1) is 19.3 Å². The molecular formula is C16H30IN3O2. The minimum absolute atomic E-state index is 0. The van der Waals surface area contributed by atoms with Gasteiger partial charge in [0.1, 0.15) is 0 Å². The topological polar surface area (TPSA) is 65.9 Å². The van der Waals surface area contributed by atoms with Crippen molar-refractivity contribution in [2.75, 3.05) is 26.3 Å². The third-order valence-electron chi connectivity index (χ3n) is 4.14. The molecule has 1 heterocycles. The van der Waals surface area contributed by atoms with Crippen LogP contribution in [-0.4, -0.2) is 49.5 Å². The lowest BCUT2D eigenvalue weighted by Crippen LogP contribution is -2.45. The van der Waals surface area contributed by atoms with E-state index in [4.69, 9.17) is 4.74 Å². The maximum Gasteiger partial charge on any atom is 0.191 e. The molecular weight excluding hydrogens is 393 g/mol. The molecule has 22 heavy (non-hydrogen) atoms. The zero-order chi connectivity index (χ0) is 14.9. The average molecular weight is 423 g/mol. The predicted molar refractivity (Wildman–Crippen MR) is 101 cm³/mol. The summed E-state index contributed by atoms with van der Waals surface area (Å²) in [5.74, 6) is 0.909. The van der Waals surface area contributed by atoms with Crippen molar-refractivity contribution in [3.05, 3.63) is 11.6 Å². The van der Waals surface area contributed by atoms with E-state index < -0.39 is 0 Å². The van der Waals surface area contributed by atoms with E-state index in [-0.39, 0.29) is 30.1 Å². The van der Waals surface area contributed by atoms with Crippen molar-refractivity contribution in [2.24, 2.45) is 4.99 Å². The molecule has 0 bridgehead atoms. The van der Waals surface area contributed by atoms with E-state index in [1.165, 1.54) is 5.57 Å². The van der Waals surface area contributed by atoms with Gasteiger partial charge in [-0.15, -0.1) is 24.0 Å². The second kappa shape index (κ2) is 11.2. The fourth-order valence-corrected chi connectivity index (χ4v) is 2.84. The molecule has 0 aromatic rings. The normalized spacial score (nSPS) is 25.9. The first-order chi connectivity index (χ1) is 10.3. The van der Waals surface area contributed by atoms with Crippen LogP contribution in [0, 0.1) is 0 Å². The molecule has 0 amide bonds. The van der Waals surface area contributed by atoms with E-state index in [0.29, 0.717) is 6.04 Å². The summed E-state index contributed by atoms with van der Waals surface area (Å²) in [6.45, 7) is 5.37. The predicted octanol–water partition coefficient (Wildman–Crippen LogP) is 2.20. The van der Waals surface area contributed by atoms with E-state index in [1.807, 2.05) is 0 Å². The fraction of sp³-hybridized carbons (Fsp3) is 0.812. The molecule has 2 rings (SSSR count). The highest BCUT2D eigenvalue weighted by Gasteiger charge is 2.19. The summed E-state index contributed by atoms with van der Waals surface area (Å²) in [6, 6.07) is 0.438. The standard InChI is InChI=1S/C16H29N3O2.HI/c1-2-17-16(19-14-3-5-15(20)6-4-14)18-10-7-13-8-11-21-12-9-13;/h8,14-15,20H,2-7,9-12H2,1H3,(H2,17,18,19);1H. The molecule has 6 heteroatoms. The summed E-state index contributed by atoms with van der Waals surface area (Å²) in [4.78, 5) is 4.67. The van der Waals surface area contributed by atoms with Crippen LogP contribution in [0.4, 0.5) is 0 Å². The molecule has 0 aromatic carbocycles. The highest BCUT2D eigenvalue weighted by Crippen LogP contribution is 2.18. The van der Waals surface area contributed by atoms with Gasteiger partial charge in [0.25, 0.3) is 0 Å². The molecule has 0 radical (unpaired) electrons. The first-order valence-electron chi connectivity index (χ1n) is 8.26. The van der Waals surface area contributed by atoms with Gasteiger partial charge >= 0.3 is 0 Å². The van der Waals surface area contributed by atoms with Gasteiger partial charge < -0.3 is 20.5 Å². The summed E-state index contributed by atoms with van der Waals surface area (Å²) in [5, 5.41) is 16.4. The highest BCUT2D eigenvalue weighted by molar-refractivity contribution is 14.0. The van der Waals surface area contributed by atoms with Crippen LogP contribution in [0.3, 0.4) is 0 Å². The number of halogens is 1. The Balaban J connectivity index is 0.00000242. The van der Waals surface area contributed by atoms with Crippen LogP contribution in [0.5, 0.6) is 0 Å². The molecule has 1 fully saturated rings. The Morgan fingerprint density at radius 2 is 2.14 bits per heavy atom. The second-order valence-corrected chi connectivity index (χ2v) is 5.85. The minimum atomic E-state index is -0.108. The first-order valence-corrected chi connectivity index (χ1v) is 8.26. The Labute approximate surface area is 151 Å². The summed E-state index contributed by atoms with van der Waals surface area (Å²) >= 11 is 0. The van der Waals surface area contributed by atoms with Crippen molar-refractivity contribution in [3.63, 3.8) is 0 Å². The molecule has 0 atom stereocenters. The first kappa shape index (κ1) is 19.7. The molecule has 128 valence electrons. The van der Waals surface area contributed by atoms with Gasteiger partial charge in [-0.2, -0.15) is 0 Å². The number of hydrogen-bond acceptors (Lipinski definition) is 3. The molecule has 3 N–H and O–H groups in total. The molecule has 5 nitrogen and oxygen atoms in total. The van der Waals surface area contributed by atoms with Gasteiger partial charge in [0.2, 0.25) is 0 Å². The molecule has 0 unspecified atom stereocenters. The number of hydrogen-bond donors (Lipinski definition) is 3. The molecule has 1 aliphatic heterocycles. The summed E-state index contributed by atoms with van der Waals surface area (Å²) < 4.78 is 5.32. The van der Waals surface area contributed by atoms with E-state index >= 15 is 0 Å². The zero-order valence-electron chi connectivity index (χ0n) is 13.5. The van der Waals surface area contributed by atoms with E-state index in [9.17, 15) is 5.11 Å². The summed E-state index contributed by atoms with van der Waals surface area (Å²) in [6.07, 6.45) is 7.96. The summed E-state index contributed by atoms with van der Waals surface area (Å²) in [5.41, 5.74) is 1.46. The van der Waals surface area contributed by atoms with Crippen LogP contribution >= 0.6 is 24.0 Å². The van der Waals surface area contributed by atoms with Crippen molar-refractivity contribution in [2.45, 2.75) is 57.6 Å². The molecule has 0 spiro atoms. The molecule has 1 aliphatic carbocycles. The monoisotopic (exact) mass is 423 g/mol. The van der Waals surface area contributed by atoms with Gasteiger partial charge in [0, 0.05) is 19.1 Å². The van der Waals surface area contributed by atoms with Gasteiger partial charge in [-0.05, 0) is 45.4 Å². The highest BCUT2D eigenvalue weighted by atomic mass is 127. The van der Waals surface area contributed by atoms with Crippen LogP contribution in [0.2, 0.25) is 0 Å². The Hall–Kier alpha value is -0.340. The molecule has 0 aromatic heterocycles. The van der Waals surface area contributed by atoms with E-state index in [2.05, 4.69) is 28.6 Å². The quantitative estimate of drug-likeness (QED) is 0.275. The lowest BCUT2D eigenvalue weighted by Gasteiger charge is -2.27. The average Bonchev–Trinajstić information content (AvgIpc) is 2.51. The third kappa shape index (κ3) is 7.28. The van der Waals surface area contributed by atoms with Crippen LogP contribution < -0.4 is 10.6 Å². The Morgan fingerprint density at radius 3 is 2.77 bits per heavy atom. The SMILES string of the molecule is CCNC(=NCCC1=CCOCC1)NC1CCC(O)CC1.I. The van der Waals surface area contributed by atoms with Crippen molar-refractivity contribution in [1.82, 2.24) is 10.6 Å².